The van der Waals surface area contributed by atoms with Crippen molar-refractivity contribution in [2.75, 3.05) is 5.32 Å². The Morgan fingerprint density at radius 1 is 1.42 bits per heavy atom. The van der Waals surface area contributed by atoms with Crippen LogP contribution in [0, 0.1) is 5.82 Å². The van der Waals surface area contributed by atoms with Crippen molar-refractivity contribution in [2.24, 2.45) is 0 Å². The molecule has 0 aromatic carbocycles. The summed E-state index contributed by atoms with van der Waals surface area (Å²) in [5.41, 5.74) is -0.158. The van der Waals surface area contributed by atoms with Gasteiger partial charge in [0.25, 0.3) is 0 Å². The summed E-state index contributed by atoms with van der Waals surface area (Å²) in [4.78, 5) is 3.88. The molecular formula is C9H13FN2. The van der Waals surface area contributed by atoms with E-state index in [0.29, 0.717) is 5.82 Å². The Morgan fingerprint density at radius 2 is 2.08 bits per heavy atom. The Balaban J connectivity index is 2.83. The Bertz CT molecular complexity index is 265. The molecule has 0 atom stereocenters. The average molecular weight is 168 g/mol. The highest BCUT2D eigenvalue weighted by Gasteiger charge is 2.12. The van der Waals surface area contributed by atoms with Crippen molar-refractivity contribution >= 4 is 5.82 Å². The van der Waals surface area contributed by atoms with Crippen LogP contribution in [0.2, 0.25) is 0 Å². The molecule has 0 aliphatic carbocycles. The van der Waals surface area contributed by atoms with Gasteiger partial charge in [-0.2, -0.15) is 0 Å². The van der Waals surface area contributed by atoms with Gasteiger partial charge in [0, 0.05) is 11.7 Å². The fourth-order valence-electron chi connectivity index (χ4n) is 0.833. The summed E-state index contributed by atoms with van der Waals surface area (Å²) < 4.78 is 13.0. The molecule has 1 rings (SSSR count). The maximum Gasteiger partial charge on any atom is 0.165 e. The summed E-state index contributed by atoms with van der Waals surface area (Å²) in [5, 5.41) is 2.96. The fourth-order valence-corrected chi connectivity index (χ4v) is 0.833. The molecule has 0 aliphatic heterocycles. The average Bonchev–Trinajstić information content (AvgIpc) is 1.91. The van der Waals surface area contributed by atoms with Crippen molar-refractivity contribution in [3.8, 4) is 0 Å². The molecule has 2 nitrogen and oxygen atoms in total. The summed E-state index contributed by atoms with van der Waals surface area (Å²) in [6.07, 6.45) is 1.57. The Kier molecular flexibility index (Phi) is 2.31. The van der Waals surface area contributed by atoms with E-state index in [1.54, 1.807) is 12.3 Å². The summed E-state index contributed by atoms with van der Waals surface area (Å²) in [7, 11) is 0. The Labute approximate surface area is 71.8 Å². The highest BCUT2D eigenvalue weighted by Crippen LogP contribution is 2.14. The molecular weight excluding hydrogens is 155 g/mol. The van der Waals surface area contributed by atoms with Crippen LogP contribution in [0.25, 0.3) is 0 Å². The summed E-state index contributed by atoms with van der Waals surface area (Å²) in [6, 6.07) is 2.96. The number of aromatic nitrogens is 1. The van der Waals surface area contributed by atoms with Gasteiger partial charge in [-0.05, 0) is 32.9 Å². The van der Waals surface area contributed by atoms with Crippen molar-refractivity contribution < 1.29 is 4.39 Å². The maximum atomic E-state index is 13.0. The minimum absolute atomic E-state index is 0.158. The minimum Gasteiger partial charge on any atom is -0.363 e. The lowest BCUT2D eigenvalue weighted by Crippen LogP contribution is -2.27. The van der Waals surface area contributed by atoms with Crippen molar-refractivity contribution in [3.05, 3.63) is 24.1 Å². The lowest BCUT2D eigenvalue weighted by Gasteiger charge is -2.21. The van der Waals surface area contributed by atoms with Gasteiger partial charge < -0.3 is 5.32 Å². The fraction of sp³-hybridized carbons (Fsp3) is 0.444. The number of halogens is 1. The van der Waals surface area contributed by atoms with Gasteiger partial charge in [-0.1, -0.05) is 0 Å². The van der Waals surface area contributed by atoms with Gasteiger partial charge in [-0.25, -0.2) is 9.37 Å². The van der Waals surface area contributed by atoms with Crippen molar-refractivity contribution in [1.82, 2.24) is 4.98 Å². The van der Waals surface area contributed by atoms with Crippen LogP contribution in [0.3, 0.4) is 0 Å². The van der Waals surface area contributed by atoms with Gasteiger partial charge in [0.05, 0.1) is 0 Å². The third-order valence-corrected chi connectivity index (χ3v) is 1.25. The first-order valence-electron chi connectivity index (χ1n) is 3.88. The minimum atomic E-state index is -0.313. The van der Waals surface area contributed by atoms with Crippen LogP contribution < -0.4 is 5.32 Å². The SMILES string of the molecule is CC(C)(C)Nc1ncccc1F. The molecule has 66 valence electrons. The molecule has 0 unspecified atom stereocenters. The number of anilines is 1. The number of nitrogens with one attached hydrogen (secondary N) is 1. The van der Waals surface area contributed by atoms with Crippen LogP contribution in [0.5, 0.6) is 0 Å². The second-order valence-electron chi connectivity index (χ2n) is 3.71. The van der Waals surface area contributed by atoms with E-state index in [4.69, 9.17) is 0 Å². The summed E-state index contributed by atoms with van der Waals surface area (Å²) >= 11 is 0. The number of pyridine rings is 1. The lowest BCUT2D eigenvalue weighted by molar-refractivity contribution is 0.591. The third kappa shape index (κ3) is 2.49. The van der Waals surface area contributed by atoms with Crippen LogP contribution >= 0.6 is 0 Å². The molecule has 0 amide bonds. The first-order valence-corrected chi connectivity index (χ1v) is 3.88. The van der Waals surface area contributed by atoms with Gasteiger partial charge in [-0.3, -0.25) is 0 Å². The summed E-state index contributed by atoms with van der Waals surface area (Å²) in [6.45, 7) is 5.88. The van der Waals surface area contributed by atoms with Crippen molar-refractivity contribution in [1.29, 1.82) is 0 Å². The second kappa shape index (κ2) is 3.09. The highest BCUT2D eigenvalue weighted by molar-refractivity contribution is 5.37. The third-order valence-electron chi connectivity index (χ3n) is 1.25. The highest BCUT2D eigenvalue weighted by atomic mass is 19.1. The van der Waals surface area contributed by atoms with Gasteiger partial charge in [0.15, 0.2) is 11.6 Å². The van der Waals surface area contributed by atoms with Crippen molar-refractivity contribution in [2.45, 2.75) is 26.3 Å². The number of nitrogens with zero attached hydrogens (tertiary/aromatic N) is 1. The predicted octanol–water partition coefficient (Wildman–Crippen LogP) is 2.43. The van der Waals surface area contributed by atoms with Gasteiger partial charge in [0.1, 0.15) is 0 Å². The first-order chi connectivity index (χ1) is 5.49. The van der Waals surface area contributed by atoms with E-state index in [1.165, 1.54) is 6.07 Å². The molecule has 0 aliphatic rings. The van der Waals surface area contributed by atoms with Crippen LogP contribution in [-0.4, -0.2) is 10.5 Å². The van der Waals surface area contributed by atoms with Crippen LogP contribution in [0.1, 0.15) is 20.8 Å². The van der Waals surface area contributed by atoms with E-state index in [-0.39, 0.29) is 11.4 Å². The molecule has 1 aromatic rings. The molecule has 0 spiro atoms. The van der Waals surface area contributed by atoms with Crippen molar-refractivity contribution in [3.63, 3.8) is 0 Å². The zero-order valence-corrected chi connectivity index (χ0v) is 7.56. The van der Waals surface area contributed by atoms with E-state index in [2.05, 4.69) is 10.3 Å². The second-order valence-corrected chi connectivity index (χ2v) is 3.71. The predicted molar refractivity (Wildman–Crippen MR) is 47.6 cm³/mol. The van der Waals surface area contributed by atoms with E-state index in [9.17, 15) is 4.39 Å². The number of hydrogen-bond donors (Lipinski definition) is 1. The van der Waals surface area contributed by atoms with Crippen LogP contribution in [0.4, 0.5) is 10.2 Å². The van der Waals surface area contributed by atoms with Crippen LogP contribution in [0.15, 0.2) is 18.3 Å². The molecule has 0 fully saturated rings. The zero-order valence-electron chi connectivity index (χ0n) is 7.56. The first kappa shape index (κ1) is 8.97. The largest absolute Gasteiger partial charge is 0.363 e. The summed E-state index contributed by atoms with van der Waals surface area (Å²) in [5.74, 6) is -0.00238. The van der Waals surface area contributed by atoms with Gasteiger partial charge in [0.2, 0.25) is 0 Å². The molecule has 1 heterocycles. The topological polar surface area (TPSA) is 24.9 Å². The number of hydrogen-bond acceptors (Lipinski definition) is 2. The Hall–Kier alpha value is -1.12. The smallest absolute Gasteiger partial charge is 0.165 e. The quantitative estimate of drug-likeness (QED) is 0.696. The molecule has 1 N–H and O–H groups in total. The van der Waals surface area contributed by atoms with E-state index in [1.807, 2.05) is 20.8 Å². The van der Waals surface area contributed by atoms with E-state index in [0.717, 1.165) is 0 Å². The van der Waals surface area contributed by atoms with Gasteiger partial charge in [-0.15, -0.1) is 0 Å². The molecule has 1 aromatic heterocycles. The van der Waals surface area contributed by atoms with Gasteiger partial charge >= 0.3 is 0 Å². The molecule has 0 bridgehead atoms. The standard InChI is InChI=1S/C9H13FN2/c1-9(2,3)12-8-7(10)5-4-6-11-8/h4-6H,1-3H3,(H,11,12). The Morgan fingerprint density at radius 3 is 2.58 bits per heavy atom. The molecule has 0 saturated carbocycles. The maximum absolute atomic E-state index is 13.0. The molecule has 12 heavy (non-hydrogen) atoms. The molecule has 3 heteroatoms. The lowest BCUT2D eigenvalue weighted by atomic mass is 10.1. The number of rotatable bonds is 1. The van der Waals surface area contributed by atoms with Crippen LogP contribution in [-0.2, 0) is 0 Å². The zero-order chi connectivity index (χ0) is 9.19. The molecule has 0 radical (unpaired) electrons. The normalized spacial score (nSPS) is 11.3. The monoisotopic (exact) mass is 168 g/mol. The van der Waals surface area contributed by atoms with E-state index < -0.39 is 0 Å². The van der Waals surface area contributed by atoms with E-state index >= 15 is 0 Å². The molecule has 0 saturated heterocycles.